The molecule has 0 bridgehead atoms. The molecule has 1 saturated heterocycles. The van der Waals surface area contributed by atoms with Crippen molar-refractivity contribution in [3.05, 3.63) is 29.3 Å². The smallest absolute Gasteiger partial charge is 0.313 e. The zero-order valence-corrected chi connectivity index (χ0v) is 12.9. The Morgan fingerprint density at radius 3 is 2.55 bits per heavy atom. The third-order valence-electron chi connectivity index (χ3n) is 3.37. The van der Waals surface area contributed by atoms with E-state index in [2.05, 4.69) is 10.6 Å². The number of rotatable bonds is 5. The first-order chi connectivity index (χ1) is 10.6. The van der Waals surface area contributed by atoms with E-state index in [-0.39, 0.29) is 5.91 Å². The minimum Gasteiger partial charge on any atom is -0.348 e. The van der Waals surface area contributed by atoms with Gasteiger partial charge in [-0.25, -0.2) is 0 Å². The molecule has 0 aliphatic carbocycles. The predicted molar refractivity (Wildman–Crippen MR) is 83.5 cm³/mol. The maximum absolute atomic E-state index is 11.7. The van der Waals surface area contributed by atoms with Crippen molar-refractivity contribution in [2.24, 2.45) is 0 Å². The van der Waals surface area contributed by atoms with Crippen LogP contribution in [0.3, 0.4) is 0 Å². The Bertz CT molecular complexity index is 560. The zero-order chi connectivity index (χ0) is 15.9. The highest BCUT2D eigenvalue weighted by molar-refractivity contribution is 6.39. The predicted octanol–water partition coefficient (Wildman–Crippen LogP) is 1.41. The fourth-order valence-electron chi connectivity index (χ4n) is 2.21. The molecule has 22 heavy (non-hydrogen) atoms. The molecule has 118 valence electrons. The second-order valence-electron chi connectivity index (χ2n) is 5.05. The van der Waals surface area contributed by atoms with Crippen molar-refractivity contribution in [2.45, 2.75) is 19.3 Å². The molecule has 1 aromatic rings. The van der Waals surface area contributed by atoms with E-state index >= 15 is 0 Å². The molecule has 0 spiro atoms. The quantitative estimate of drug-likeness (QED) is 0.635. The summed E-state index contributed by atoms with van der Waals surface area (Å²) in [6.45, 7) is 1.75. The van der Waals surface area contributed by atoms with Gasteiger partial charge in [-0.3, -0.25) is 14.4 Å². The zero-order valence-electron chi connectivity index (χ0n) is 12.1. The van der Waals surface area contributed by atoms with Crippen molar-refractivity contribution in [1.82, 2.24) is 10.2 Å². The summed E-state index contributed by atoms with van der Waals surface area (Å²) in [5.74, 6) is -1.26. The largest absolute Gasteiger partial charge is 0.348 e. The van der Waals surface area contributed by atoms with Gasteiger partial charge in [0.1, 0.15) is 0 Å². The molecule has 0 atom stereocenters. The number of anilines is 1. The van der Waals surface area contributed by atoms with Gasteiger partial charge in [0.15, 0.2) is 0 Å². The molecule has 1 fully saturated rings. The van der Waals surface area contributed by atoms with Gasteiger partial charge in [-0.05, 0) is 37.1 Å². The molecular weight excluding hydrogens is 306 g/mol. The summed E-state index contributed by atoms with van der Waals surface area (Å²) in [6, 6.07) is 6.49. The number of hydrogen-bond donors (Lipinski definition) is 2. The molecule has 2 rings (SSSR count). The summed E-state index contributed by atoms with van der Waals surface area (Å²) in [7, 11) is 0. The molecule has 1 aromatic carbocycles. The van der Waals surface area contributed by atoms with Gasteiger partial charge < -0.3 is 15.5 Å². The van der Waals surface area contributed by atoms with Crippen LogP contribution in [0.2, 0.25) is 5.02 Å². The van der Waals surface area contributed by atoms with Crippen LogP contribution in [0.25, 0.3) is 0 Å². The van der Waals surface area contributed by atoms with E-state index in [0.717, 1.165) is 13.0 Å². The minimum absolute atomic E-state index is 0.159. The van der Waals surface area contributed by atoms with E-state index in [1.165, 1.54) is 0 Å². The Morgan fingerprint density at radius 2 is 1.91 bits per heavy atom. The van der Waals surface area contributed by atoms with Gasteiger partial charge in [-0.2, -0.15) is 0 Å². The molecular formula is C15H18ClN3O3. The van der Waals surface area contributed by atoms with E-state index in [1.54, 1.807) is 29.2 Å². The first-order valence-corrected chi connectivity index (χ1v) is 7.56. The molecule has 1 aliphatic rings. The summed E-state index contributed by atoms with van der Waals surface area (Å²) >= 11 is 5.74. The molecule has 3 amide bonds. The van der Waals surface area contributed by atoms with E-state index in [1.807, 2.05) is 0 Å². The molecule has 6 nitrogen and oxygen atoms in total. The molecule has 0 radical (unpaired) electrons. The lowest BCUT2D eigenvalue weighted by atomic mass is 10.3. The highest BCUT2D eigenvalue weighted by Gasteiger charge is 2.19. The minimum atomic E-state index is -0.723. The second-order valence-corrected chi connectivity index (χ2v) is 5.49. The Kier molecular flexibility index (Phi) is 5.77. The highest BCUT2D eigenvalue weighted by atomic mass is 35.5. The van der Waals surface area contributed by atoms with Crippen LogP contribution in [0.1, 0.15) is 19.3 Å². The van der Waals surface area contributed by atoms with E-state index < -0.39 is 11.8 Å². The summed E-state index contributed by atoms with van der Waals surface area (Å²) in [5.41, 5.74) is 0.507. The molecule has 1 heterocycles. The maximum atomic E-state index is 11.7. The SMILES string of the molecule is O=C(NCCCN1CCCC1=O)C(=O)Nc1ccc(Cl)cc1. The molecule has 0 aromatic heterocycles. The van der Waals surface area contributed by atoms with E-state index in [4.69, 9.17) is 11.6 Å². The standard InChI is InChI=1S/C15H18ClN3O3/c16-11-4-6-12(7-5-11)18-15(22)14(21)17-8-2-10-19-9-1-3-13(19)20/h4-7H,1-3,8-10H2,(H,17,21)(H,18,22). The number of benzene rings is 1. The van der Waals surface area contributed by atoms with Crippen LogP contribution in [0, 0.1) is 0 Å². The second kappa shape index (κ2) is 7.79. The number of carbonyl (C=O) groups is 3. The Labute approximate surface area is 133 Å². The molecule has 0 unspecified atom stereocenters. The van der Waals surface area contributed by atoms with Crippen LogP contribution in [-0.2, 0) is 14.4 Å². The summed E-state index contributed by atoms with van der Waals surface area (Å²) < 4.78 is 0. The first-order valence-electron chi connectivity index (χ1n) is 7.19. The van der Waals surface area contributed by atoms with E-state index in [0.29, 0.717) is 36.6 Å². The lowest BCUT2D eigenvalue weighted by molar-refractivity contribution is -0.136. The Hall–Kier alpha value is -2.08. The van der Waals surface area contributed by atoms with Crippen LogP contribution >= 0.6 is 11.6 Å². The molecule has 0 saturated carbocycles. The fraction of sp³-hybridized carbons (Fsp3) is 0.400. The van der Waals surface area contributed by atoms with Gasteiger partial charge in [0, 0.05) is 36.8 Å². The summed E-state index contributed by atoms with van der Waals surface area (Å²) in [6.07, 6.45) is 2.14. The number of halogens is 1. The number of hydrogen-bond acceptors (Lipinski definition) is 3. The summed E-state index contributed by atoms with van der Waals surface area (Å²) in [4.78, 5) is 36.5. The highest BCUT2D eigenvalue weighted by Crippen LogP contribution is 2.13. The monoisotopic (exact) mass is 323 g/mol. The number of carbonyl (C=O) groups excluding carboxylic acids is 3. The van der Waals surface area contributed by atoms with Gasteiger partial charge in [-0.15, -0.1) is 0 Å². The van der Waals surface area contributed by atoms with Gasteiger partial charge in [0.2, 0.25) is 5.91 Å². The van der Waals surface area contributed by atoms with Crippen molar-refractivity contribution in [3.63, 3.8) is 0 Å². The van der Waals surface area contributed by atoms with Crippen molar-refractivity contribution < 1.29 is 14.4 Å². The third-order valence-corrected chi connectivity index (χ3v) is 3.62. The molecule has 2 N–H and O–H groups in total. The number of amides is 3. The van der Waals surface area contributed by atoms with Crippen LogP contribution in [-0.4, -0.2) is 42.3 Å². The topological polar surface area (TPSA) is 78.5 Å². The number of nitrogens with zero attached hydrogens (tertiary/aromatic N) is 1. The average molecular weight is 324 g/mol. The fourth-order valence-corrected chi connectivity index (χ4v) is 2.34. The van der Waals surface area contributed by atoms with Gasteiger partial charge in [0.05, 0.1) is 0 Å². The van der Waals surface area contributed by atoms with Crippen molar-refractivity contribution in [3.8, 4) is 0 Å². The number of nitrogens with one attached hydrogen (secondary N) is 2. The van der Waals surface area contributed by atoms with Gasteiger partial charge in [0.25, 0.3) is 0 Å². The average Bonchev–Trinajstić information content (AvgIpc) is 2.91. The van der Waals surface area contributed by atoms with E-state index in [9.17, 15) is 14.4 Å². The lowest BCUT2D eigenvalue weighted by Gasteiger charge is -2.15. The first kappa shape index (κ1) is 16.3. The van der Waals surface area contributed by atoms with Crippen LogP contribution in [0.15, 0.2) is 24.3 Å². The Balaban J connectivity index is 1.67. The lowest BCUT2D eigenvalue weighted by Crippen LogP contribution is -2.37. The van der Waals surface area contributed by atoms with Crippen molar-refractivity contribution in [2.75, 3.05) is 25.0 Å². The van der Waals surface area contributed by atoms with Crippen molar-refractivity contribution >= 4 is 35.0 Å². The van der Waals surface area contributed by atoms with Gasteiger partial charge >= 0.3 is 11.8 Å². The van der Waals surface area contributed by atoms with Crippen molar-refractivity contribution in [1.29, 1.82) is 0 Å². The maximum Gasteiger partial charge on any atom is 0.313 e. The molecule has 1 aliphatic heterocycles. The Morgan fingerprint density at radius 1 is 1.18 bits per heavy atom. The van der Waals surface area contributed by atoms with Crippen LogP contribution in [0.4, 0.5) is 5.69 Å². The third kappa shape index (κ3) is 4.73. The van der Waals surface area contributed by atoms with Crippen LogP contribution in [0.5, 0.6) is 0 Å². The normalized spacial score (nSPS) is 14.0. The van der Waals surface area contributed by atoms with Crippen LogP contribution < -0.4 is 10.6 Å². The van der Waals surface area contributed by atoms with Gasteiger partial charge in [-0.1, -0.05) is 11.6 Å². The molecule has 7 heteroatoms. The summed E-state index contributed by atoms with van der Waals surface area (Å²) in [5, 5.41) is 5.58. The number of likely N-dealkylation sites (tertiary alicyclic amines) is 1.